The van der Waals surface area contributed by atoms with Gasteiger partial charge in [0.2, 0.25) is 0 Å². The molecule has 23 heavy (non-hydrogen) atoms. The van der Waals surface area contributed by atoms with Gasteiger partial charge in [-0.05, 0) is 50.5 Å². The van der Waals surface area contributed by atoms with Crippen LogP contribution in [-0.2, 0) is 6.54 Å². The summed E-state index contributed by atoms with van der Waals surface area (Å²) in [4.78, 5) is 2.65. The first-order chi connectivity index (χ1) is 11.2. The second kappa shape index (κ2) is 7.63. The second-order valence-electron chi connectivity index (χ2n) is 7.56. The third kappa shape index (κ3) is 4.24. The molecule has 2 heteroatoms. The quantitative estimate of drug-likeness (QED) is 0.556. The van der Waals surface area contributed by atoms with Crippen molar-refractivity contribution in [3.8, 4) is 0 Å². The van der Waals surface area contributed by atoms with Crippen LogP contribution in [0.15, 0.2) is 43.0 Å². The third-order valence-electron chi connectivity index (χ3n) is 5.76. The highest BCUT2D eigenvalue weighted by Gasteiger charge is 2.46. The first-order valence-corrected chi connectivity index (χ1v) is 9.33. The summed E-state index contributed by atoms with van der Waals surface area (Å²) in [5, 5.41) is 11.0. The number of unbranched alkanes of at least 4 members (excludes halogenated alkanes) is 3. The molecule has 0 aromatic heterocycles. The van der Waals surface area contributed by atoms with E-state index in [4.69, 9.17) is 0 Å². The van der Waals surface area contributed by atoms with Crippen molar-refractivity contribution in [3.63, 3.8) is 0 Å². The van der Waals surface area contributed by atoms with E-state index in [1.165, 1.54) is 31.2 Å². The summed E-state index contributed by atoms with van der Waals surface area (Å²) in [6.45, 7) is 4.82. The van der Waals surface area contributed by atoms with Crippen LogP contribution in [0.25, 0.3) is 0 Å². The molecule has 2 nitrogen and oxygen atoms in total. The summed E-state index contributed by atoms with van der Waals surface area (Å²) in [5.74, 6) is 0. The zero-order valence-electron chi connectivity index (χ0n) is 14.3. The normalized spacial score (nSPS) is 30.5. The molecule has 2 atom stereocenters. The van der Waals surface area contributed by atoms with Gasteiger partial charge in [-0.15, -0.1) is 6.58 Å². The molecule has 2 bridgehead atoms. The molecule has 2 aliphatic rings. The summed E-state index contributed by atoms with van der Waals surface area (Å²) in [6.07, 6.45) is 12.1. The predicted octanol–water partition coefficient (Wildman–Crippen LogP) is 4.68. The molecular formula is C21H31NO. The maximum absolute atomic E-state index is 11.0. The third-order valence-corrected chi connectivity index (χ3v) is 5.76. The SMILES string of the molecule is C=CCCCCCC1(O)CC2CCC(C1)N2Cc1ccccc1. The van der Waals surface area contributed by atoms with E-state index in [0.717, 1.165) is 38.6 Å². The van der Waals surface area contributed by atoms with Gasteiger partial charge in [0, 0.05) is 18.6 Å². The number of rotatable bonds is 8. The molecule has 126 valence electrons. The van der Waals surface area contributed by atoms with Crippen LogP contribution in [-0.4, -0.2) is 27.7 Å². The summed E-state index contributed by atoms with van der Waals surface area (Å²) in [6, 6.07) is 11.9. The van der Waals surface area contributed by atoms with Crippen LogP contribution >= 0.6 is 0 Å². The van der Waals surface area contributed by atoms with Gasteiger partial charge in [0.1, 0.15) is 0 Å². The van der Waals surface area contributed by atoms with E-state index >= 15 is 0 Å². The maximum atomic E-state index is 11.0. The van der Waals surface area contributed by atoms with Gasteiger partial charge in [-0.2, -0.15) is 0 Å². The molecule has 1 aromatic carbocycles. The van der Waals surface area contributed by atoms with Crippen LogP contribution in [0.2, 0.25) is 0 Å². The predicted molar refractivity (Wildman–Crippen MR) is 96.3 cm³/mol. The lowest BCUT2D eigenvalue weighted by atomic mass is 9.82. The van der Waals surface area contributed by atoms with E-state index in [2.05, 4.69) is 41.8 Å². The Hall–Kier alpha value is -1.12. The van der Waals surface area contributed by atoms with Gasteiger partial charge >= 0.3 is 0 Å². The molecule has 3 rings (SSSR count). The highest BCUT2D eigenvalue weighted by atomic mass is 16.3. The minimum Gasteiger partial charge on any atom is -0.390 e. The average molecular weight is 313 g/mol. The van der Waals surface area contributed by atoms with E-state index in [1.807, 2.05) is 6.08 Å². The van der Waals surface area contributed by atoms with Crippen LogP contribution in [0.4, 0.5) is 0 Å². The number of nitrogens with zero attached hydrogens (tertiary/aromatic N) is 1. The van der Waals surface area contributed by atoms with Crippen LogP contribution < -0.4 is 0 Å². The van der Waals surface area contributed by atoms with Gasteiger partial charge in [0.25, 0.3) is 0 Å². The standard InChI is InChI=1S/C21H31NO/c1-2-3-4-5-9-14-21(23)15-19-12-13-20(16-21)22(19)17-18-10-7-6-8-11-18/h2,6-8,10-11,19-20,23H,1,3-5,9,12-17H2. The summed E-state index contributed by atoms with van der Waals surface area (Å²) >= 11 is 0. The van der Waals surface area contributed by atoms with E-state index in [1.54, 1.807) is 0 Å². The summed E-state index contributed by atoms with van der Waals surface area (Å²) < 4.78 is 0. The fraction of sp³-hybridized carbons (Fsp3) is 0.619. The van der Waals surface area contributed by atoms with Gasteiger partial charge in [-0.25, -0.2) is 0 Å². The molecule has 2 saturated heterocycles. The molecule has 1 aromatic rings. The van der Waals surface area contributed by atoms with Gasteiger partial charge < -0.3 is 5.11 Å². The lowest BCUT2D eigenvalue weighted by Gasteiger charge is -2.44. The van der Waals surface area contributed by atoms with E-state index in [-0.39, 0.29) is 0 Å². The van der Waals surface area contributed by atoms with Crippen LogP contribution in [0.5, 0.6) is 0 Å². The molecule has 2 fully saturated rings. The highest BCUT2D eigenvalue weighted by molar-refractivity contribution is 5.16. The second-order valence-corrected chi connectivity index (χ2v) is 7.56. The largest absolute Gasteiger partial charge is 0.390 e. The van der Waals surface area contributed by atoms with Crippen molar-refractivity contribution in [2.24, 2.45) is 0 Å². The highest BCUT2D eigenvalue weighted by Crippen LogP contribution is 2.43. The lowest BCUT2D eigenvalue weighted by molar-refractivity contribution is -0.0610. The van der Waals surface area contributed by atoms with Crippen molar-refractivity contribution in [3.05, 3.63) is 48.6 Å². The van der Waals surface area contributed by atoms with Crippen molar-refractivity contribution >= 4 is 0 Å². The Morgan fingerprint density at radius 2 is 1.78 bits per heavy atom. The fourth-order valence-electron chi connectivity index (χ4n) is 4.59. The Morgan fingerprint density at radius 1 is 1.09 bits per heavy atom. The van der Waals surface area contributed by atoms with E-state index in [9.17, 15) is 5.11 Å². The van der Waals surface area contributed by atoms with Crippen LogP contribution in [0, 0.1) is 0 Å². The molecular weight excluding hydrogens is 282 g/mol. The van der Waals surface area contributed by atoms with Gasteiger partial charge in [-0.1, -0.05) is 49.2 Å². The lowest BCUT2D eigenvalue weighted by Crippen LogP contribution is -2.50. The minimum atomic E-state index is -0.410. The van der Waals surface area contributed by atoms with Crippen LogP contribution in [0.1, 0.15) is 63.4 Å². The Labute approximate surface area is 141 Å². The zero-order chi connectivity index (χ0) is 16.1. The molecule has 2 unspecified atom stereocenters. The molecule has 0 saturated carbocycles. The van der Waals surface area contributed by atoms with Crippen molar-refractivity contribution in [1.82, 2.24) is 4.90 Å². The number of hydrogen-bond donors (Lipinski definition) is 1. The number of piperidine rings is 1. The van der Waals surface area contributed by atoms with Crippen molar-refractivity contribution in [2.75, 3.05) is 0 Å². The van der Waals surface area contributed by atoms with Crippen molar-refractivity contribution in [2.45, 2.75) is 82.0 Å². The Balaban J connectivity index is 1.53. The maximum Gasteiger partial charge on any atom is 0.0677 e. The number of aliphatic hydroxyl groups is 1. The van der Waals surface area contributed by atoms with Gasteiger partial charge in [0.15, 0.2) is 0 Å². The minimum absolute atomic E-state index is 0.410. The molecule has 0 amide bonds. The molecule has 1 N–H and O–H groups in total. The van der Waals surface area contributed by atoms with Crippen LogP contribution in [0.3, 0.4) is 0 Å². The topological polar surface area (TPSA) is 23.5 Å². The number of allylic oxidation sites excluding steroid dienone is 1. The van der Waals surface area contributed by atoms with E-state index in [0.29, 0.717) is 12.1 Å². The molecule has 2 aliphatic heterocycles. The molecule has 0 aliphatic carbocycles. The number of hydrogen-bond acceptors (Lipinski definition) is 2. The molecule has 2 heterocycles. The Kier molecular flexibility index (Phi) is 5.55. The molecule has 0 spiro atoms. The first kappa shape index (κ1) is 16.7. The fourth-order valence-corrected chi connectivity index (χ4v) is 4.59. The van der Waals surface area contributed by atoms with E-state index < -0.39 is 5.60 Å². The number of fused-ring (bicyclic) bond motifs is 2. The Bertz CT molecular complexity index is 484. The van der Waals surface area contributed by atoms with Gasteiger partial charge in [-0.3, -0.25) is 4.90 Å². The average Bonchev–Trinajstić information content (AvgIpc) is 2.80. The monoisotopic (exact) mass is 313 g/mol. The molecule has 0 radical (unpaired) electrons. The number of benzene rings is 1. The first-order valence-electron chi connectivity index (χ1n) is 9.33. The van der Waals surface area contributed by atoms with Crippen molar-refractivity contribution in [1.29, 1.82) is 0 Å². The van der Waals surface area contributed by atoms with Crippen molar-refractivity contribution < 1.29 is 5.11 Å². The smallest absolute Gasteiger partial charge is 0.0677 e. The summed E-state index contributed by atoms with van der Waals surface area (Å²) in [5.41, 5.74) is 0.993. The Morgan fingerprint density at radius 3 is 2.43 bits per heavy atom. The van der Waals surface area contributed by atoms with Gasteiger partial charge in [0.05, 0.1) is 5.60 Å². The summed E-state index contributed by atoms with van der Waals surface area (Å²) in [7, 11) is 0. The zero-order valence-corrected chi connectivity index (χ0v) is 14.3.